The maximum atomic E-state index is 12.5. The van der Waals surface area contributed by atoms with Crippen LogP contribution in [-0.2, 0) is 14.3 Å². The fourth-order valence-electron chi connectivity index (χ4n) is 1.86. The van der Waals surface area contributed by atoms with Gasteiger partial charge >= 0.3 is 12.1 Å². The van der Waals surface area contributed by atoms with Crippen LogP contribution in [-0.4, -0.2) is 37.6 Å². The highest BCUT2D eigenvalue weighted by Crippen LogP contribution is 2.27. The van der Waals surface area contributed by atoms with E-state index in [1.54, 1.807) is 13.8 Å². The van der Waals surface area contributed by atoms with Crippen LogP contribution in [0.1, 0.15) is 27.7 Å². The molecule has 27 heavy (non-hydrogen) atoms. The Balaban J connectivity index is 2.73. The average Bonchev–Trinajstić information content (AvgIpc) is 2.59. The summed E-state index contributed by atoms with van der Waals surface area (Å²) in [7, 11) is 0. The zero-order valence-corrected chi connectivity index (χ0v) is 16.6. The summed E-state index contributed by atoms with van der Waals surface area (Å²) in [5, 5.41) is 2.61. The van der Waals surface area contributed by atoms with Gasteiger partial charge in [-0.1, -0.05) is 32.0 Å². The van der Waals surface area contributed by atoms with E-state index in [1.807, 2.05) is 13.8 Å². The molecule has 8 heteroatoms. The van der Waals surface area contributed by atoms with E-state index in [1.165, 1.54) is 18.2 Å². The molecule has 1 aromatic rings. The Hall–Kier alpha value is -2.28. The van der Waals surface area contributed by atoms with Gasteiger partial charge in [0.05, 0.1) is 17.3 Å². The lowest BCUT2D eigenvalue weighted by atomic mass is 10.2. The third kappa shape index (κ3) is 7.86. The number of hydrogen-bond acceptors (Lipinski definition) is 5. The molecule has 0 saturated heterocycles. The van der Waals surface area contributed by atoms with Gasteiger partial charge in [0.15, 0.2) is 0 Å². The molecular formula is C19H25ClFNO5. The second kappa shape index (κ2) is 10.8. The molecule has 0 radical (unpaired) electrons. The minimum Gasteiger partial charge on any atom is -0.488 e. The molecule has 6 nitrogen and oxygen atoms in total. The molecule has 1 N–H and O–H groups in total. The van der Waals surface area contributed by atoms with E-state index in [-0.39, 0.29) is 23.2 Å². The van der Waals surface area contributed by atoms with E-state index in [9.17, 15) is 14.0 Å². The fourth-order valence-corrected chi connectivity index (χ4v) is 2.07. The van der Waals surface area contributed by atoms with Crippen LogP contribution >= 0.6 is 11.6 Å². The minimum absolute atomic E-state index is 0.146. The number of benzene rings is 1. The molecule has 0 spiro atoms. The van der Waals surface area contributed by atoms with E-state index in [0.717, 1.165) is 0 Å². The Morgan fingerprint density at radius 1 is 1.30 bits per heavy atom. The van der Waals surface area contributed by atoms with Gasteiger partial charge < -0.3 is 14.2 Å². The van der Waals surface area contributed by atoms with E-state index < -0.39 is 30.9 Å². The largest absolute Gasteiger partial charge is 0.488 e. The molecule has 0 bridgehead atoms. The summed E-state index contributed by atoms with van der Waals surface area (Å²) >= 11 is 6.09. The minimum atomic E-state index is -1.23. The monoisotopic (exact) mass is 401 g/mol. The van der Waals surface area contributed by atoms with E-state index in [2.05, 4.69) is 11.9 Å². The summed E-state index contributed by atoms with van der Waals surface area (Å²) in [5.41, 5.74) is 0.576. The third-order valence-electron chi connectivity index (χ3n) is 3.18. The van der Waals surface area contributed by atoms with E-state index in [4.69, 9.17) is 25.8 Å². The van der Waals surface area contributed by atoms with Crippen molar-refractivity contribution in [1.82, 2.24) is 0 Å². The van der Waals surface area contributed by atoms with E-state index >= 15 is 0 Å². The lowest BCUT2D eigenvalue weighted by molar-refractivity contribution is -0.152. The van der Waals surface area contributed by atoms with Crippen LogP contribution in [0.4, 0.5) is 14.9 Å². The van der Waals surface area contributed by atoms with Gasteiger partial charge in [0.1, 0.15) is 18.5 Å². The van der Waals surface area contributed by atoms with Crippen molar-refractivity contribution in [2.24, 2.45) is 5.92 Å². The quantitative estimate of drug-likeness (QED) is 0.476. The Bertz CT molecular complexity index is 680. The first-order valence-corrected chi connectivity index (χ1v) is 8.83. The lowest BCUT2D eigenvalue weighted by Gasteiger charge is -2.18. The Morgan fingerprint density at radius 3 is 2.48 bits per heavy atom. The molecule has 1 rings (SSSR count). The number of rotatable bonds is 9. The van der Waals surface area contributed by atoms with Crippen molar-refractivity contribution in [3.63, 3.8) is 0 Å². The highest BCUT2D eigenvalue weighted by atomic mass is 35.5. The molecule has 0 saturated carbocycles. The molecule has 0 aliphatic rings. The number of nitrogens with one attached hydrogen (secondary N) is 1. The topological polar surface area (TPSA) is 73.9 Å². The summed E-state index contributed by atoms with van der Waals surface area (Å²) in [4.78, 5) is 24.2. The van der Waals surface area contributed by atoms with Crippen LogP contribution in [0.15, 0.2) is 30.4 Å². The number of esters is 1. The van der Waals surface area contributed by atoms with Crippen molar-refractivity contribution in [2.45, 2.75) is 39.9 Å². The molecule has 1 amide bonds. The second-order valence-corrected chi connectivity index (χ2v) is 6.91. The second-order valence-electron chi connectivity index (χ2n) is 6.51. The predicted octanol–water partition coefficient (Wildman–Crippen LogP) is 4.77. The Labute approximate surface area is 163 Å². The van der Waals surface area contributed by atoms with Crippen molar-refractivity contribution in [3.8, 4) is 5.75 Å². The molecule has 2 atom stereocenters. The van der Waals surface area contributed by atoms with Gasteiger partial charge in [-0.3, -0.25) is 5.32 Å². The predicted molar refractivity (Wildman–Crippen MR) is 102 cm³/mol. The number of halogens is 2. The number of anilines is 1. The Kier molecular flexibility index (Phi) is 9.08. The smallest absolute Gasteiger partial charge is 0.412 e. The van der Waals surface area contributed by atoms with Gasteiger partial charge in [-0.2, -0.15) is 0 Å². The van der Waals surface area contributed by atoms with Crippen molar-refractivity contribution in [1.29, 1.82) is 0 Å². The number of hydrogen-bond donors (Lipinski definition) is 1. The normalized spacial score (nSPS) is 12.9. The third-order valence-corrected chi connectivity index (χ3v) is 3.49. The molecule has 0 heterocycles. The number of ether oxygens (including phenoxy) is 3. The standard InChI is InChI=1S/C19H25ClFNO5/c1-11(2)10-25-18(23)17(12(3)4)27-19(24)22-16-7-6-14(8-15(16)20)26-13(5)9-21/h6-8,11,13,17H,3,9-10H2,1-2,4-5H3,(H,22,24). The van der Waals surface area contributed by atoms with E-state index in [0.29, 0.717) is 11.3 Å². The summed E-state index contributed by atoms with van der Waals surface area (Å²) in [5.74, 6) is -0.184. The number of carbonyl (C=O) groups is 2. The van der Waals surface area contributed by atoms with Crippen molar-refractivity contribution < 1.29 is 28.2 Å². The molecule has 0 aliphatic carbocycles. The number of carbonyl (C=O) groups excluding carboxylic acids is 2. The van der Waals surface area contributed by atoms with Gasteiger partial charge in [-0.15, -0.1) is 0 Å². The van der Waals surface area contributed by atoms with Crippen LogP contribution in [0.3, 0.4) is 0 Å². The fraction of sp³-hybridized carbons (Fsp3) is 0.474. The molecule has 0 fully saturated rings. The molecule has 2 unspecified atom stereocenters. The first kappa shape index (κ1) is 22.8. The van der Waals surface area contributed by atoms with Crippen molar-refractivity contribution in [2.75, 3.05) is 18.6 Å². The zero-order chi connectivity index (χ0) is 20.6. The van der Waals surface area contributed by atoms with Gasteiger partial charge in [-0.25, -0.2) is 14.0 Å². The summed E-state index contributed by atoms with van der Waals surface area (Å²) in [6.07, 6.45) is -2.73. The molecule has 150 valence electrons. The van der Waals surface area contributed by atoms with Crippen LogP contribution < -0.4 is 10.1 Å². The van der Waals surface area contributed by atoms with Crippen molar-refractivity contribution in [3.05, 3.63) is 35.4 Å². The summed E-state index contributed by atoms with van der Waals surface area (Å²) < 4.78 is 28.0. The van der Waals surface area contributed by atoms with Crippen LogP contribution in [0.5, 0.6) is 5.75 Å². The SMILES string of the molecule is C=C(C)C(OC(=O)Nc1ccc(OC(C)CF)cc1Cl)C(=O)OCC(C)C. The summed E-state index contributed by atoms with van der Waals surface area (Å²) in [6, 6.07) is 4.45. The summed E-state index contributed by atoms with van der Waals surface area (Å²) in [6.45, 7) is 10.1. The van der Waals surface area contributed by atoms with Gasteiger partial charge in [0.2, 0.25) is 6.10 Å². The first-order chi connectivity index (χ1) is 12.6. The van der Waals surface area contributed by atoms with Crippen LogP contribution in [0, 0.1) is 5.92 Å². The van der Waals surface area contributed by atoms with Crippen molar-refractivity contribution >= 4 is 29.4 Å². The molecule has 0 aromatic heterocycles. The lowest BCUT2D eigenvalue weighted by Crippen LogP contribution is -2.32. The van der Waals surface area contributed by atoms with Gasteiger partial charge in [0.25, 0.3) is 0 Å². The maximum Gasteiger partial charge on any atom is 0.412 e. The number of amides is 1. The van der Waals surface area contributed by atoms with Gasteiger partial charge in [-0.05, 0) is 37.5 Å². The van der Waals surface area contributed by atoms with Crippen LogP contribution in [0.25, 0.3) is 0 Å². The zero-order valence-electron chi connectivity index (χ0n) is 15.9. The van der Waals surface area contributed by atoms with Crippen LogP contribution in [0.2, 0.25) is 5.02 Å². The number of alkyl halides is 1. The molecule has 0 aliphatic heterocycles. The molecular weight excluding hydrogens is 377 g/mol. The highest BCUT2D eigenvalue weighted by Gasteiger charge is 2.26. The molecule has 1 aromatic carbocycles. The maximum absolute atomic E-state index is 12.5. The average molecular weight is 402 g/mol. The Morgan fingerprint density at radius 2 is 1.96 bits per heavy atom. The first-order valence-electron chi connectivity index (χ1n) is 8.45. The van der Waals surface area contributed by atoms with Gasteiger partial charge in [0, 0.05) is 6.07 Å². The highest BCUT2D eigenvalue weighted by molar-refractivity contribution is 6.33.